The Balaban J connectivity index is 0.00000242. The van der Waals surface area contributed by atoms with Crippen molar-refractivity contribution in [2.75, 3.05) is 40.4 Å². The van der Waals surface area contributed by atoms with Gasteiger partial charge in [0.2, 0.25) is 0 Å². The van der Waals surface area contributed by atoms with Gasteiger partial charge < -0.3 is 14.8 Å². The Kier molecular flexibility index (Phi) is 11.4. The molecule has 0 aliphatic carbocycles. The molecule has 6 heteroatoms. The first-order chi connectivity index (χ1) is 10.3. The minimum Gasteiger partial charge on any atom is -0.493 e. The maximum Gasteiger partial charge on any atom is 0.161 e. The molecule has 1 aliphatic rings. The summed E-state index contributed by atoms with van der Waals surface area (Å²) in [4.78, 5) is 2.59. The largest absolute Gasteiger partial charge is 0.493 e. The van der Waals surface area contributed by atoms with Crippen LogP contribution in [0.15, 0.2) is 18.2 Å². The molecule has 1 aliphatic heterocycles. The molecule has 1 fully saturated rings. The third-order valence-corrected chi connectivity index (χ3v) is 4.22. The molecule has 2 rings (SSSR count). The van der Waals surface area contributed by atoms with Crippen molar-refractivity contribution < 1.29 is 9.47 Å². The third-order valence-electron chi connectivity index (χ3n) is 4.22. The molecule has 0 bridgehead atoms. The summed E-state index contributed by atoms with van der Waals surface area (Å²) in [5, 5.41) is 3.43. The highest BCUT2D eigenvalue weighted by Gasteiger charge is 2.22. The minimum absolute atomic E-state index is 0. The van der Waals surface area contributed by atoms with E-state index in [2.05, 4.69) is 29.3 Å². The zero-order valence-electron chi connectivity index (χ0n) is 14.3. The van der Waals surface area contributed by atoms with Crippen LogP contribution in [-0.2, 0) is 0 Å². The zero-order chi connectivity index (χ0) is 15.1. The summed E-state index contributed by atoms with van der Waals surface area (Å²) in [6.45, 7) is 6.64. The van der Waals surface area contributed by atoms with Crippen LogP contribution in [0, 0.1) is 0 Å². The van der Waals surface area contributed by atoms with E-state index in [4.69, 9.17) is 9.47 Å². The summed E-state index contributed by atoms with van der Waals surface area (Å²) >= 11 is 0. The number of hydrogen-bond acceptors (Lipinski definition) is 4. The second kappa shape index (κ2) is 11.8. The van der Waals surface area contributed by atoms with Crippen LogP contribution in [0.4, 0.5) is 0 Å². The van der Waals surface area contributed by atoms with Crippen molar-refractivity contribution in [3.63, 3.8) is 0 Å². The highest BCUT2D eigenvalue weighted by atomic mass is 35.5. The number of methoxy groups -OCH3 is 2. The van der Waals surface area contributed by atoms with Gasteiger partial charge in [-0.05, 0) is 24.1 Å². The fourth-order valence-electron chi connectivity index (χ4n) is 3.01. The molecule has 0 saturated carbocycles. The van der Waals surface area contributed by atoms with E-state index in [0.29, 0.717) is 6.04 Å². The van der Waals surface area contributed by atoms with Crippen LogP contribution >= 0.6 is 24.8 Å². The molecule has 0 aromatic heterocycles. The predicted octanol–water partition coefficient (Wildman–Crippen LogP) is 3.68. The lowest BCUT2D eigenvalue weighted by molar-refractivity contribution is 0.163. The van der Waals surface area contributed by atoms with Crippen molar-refractivity contribution in [3.8, 4) is 11.5 Å². The second-order valence-electron chi connectivity index (χ2n) is 5.56. The number of ether oxygens (including phenoxy) is 2. The van der Waals surface area contributed by atoms with Crippen LogP contribution in [0.25, 0.3) is 0 Å². The normalized spacial score (nSPS) is 16.0. The predicted molar refractivity (Wildman–Crippen MR) is 101 cm³/mol. The molecule has 134 valence electrons. The van der Waals surface area contributed by atoms with Crippen molar-refractivity contribution >= 4 is 24.8 Å². The van der Waals surface area contributed by atoms with Gasteiger partial charge in [-0.3, -0.25) is 4.90 Å². The van der Waals surface area contributed by atoms with E-state index < -0.39 is 0 Å². The fourth-order valence-corrected chi connectivity index (χ4v) is 3.01. The van der Waals surface area contributed by atoms with Crippen LogP contribution < -0.4 is 14.8 Å². The molecule has 1 atom stereocenters. The van der Waals surface area contributed by atoms with Gasteiger partial charge in [-0.1, -0.05) is 25.8 Å². The van der Waals surface area contributed by atoms with Crippen LogP contribution in [-0.4, -0.2) is 45.3 Å². The Labute approximate surface area is 152 Å². The van der Waals surface area contributed by atoms with Crippen molar-refractivity contribution in [1.29, 1.82) is 0 Å². The Morgan fingerprint density at radius 3 is 2.30 bits per heavy atom. The van der Waals surface area contributed by atoms with Crippen molar-refractivity contribution in [1.82, 2.24) is 10.2 Å². The lowest BCUT2D eigenvalue weighted by Crippen LogP contribution is -2.45. The van der Waals surface area contributed by atoms with E-state index in [-0.39, 0.29) is 24.8 Å². The van der Waals surface area contributed by atoms with Gasteiger partial charge >= 0.3 is 0 Å². The molecule has 1 heterocycles. The Bertz CT molecular complexity index is 441. The van der Waals surface area contributed by atoms with Crippen molar-refractivity contribution in [2.45, 2.75) is 32.2 Å². The van der Waals surface area contributed by atoms with E-state index in [1.165, 1.54) is 24.8 Å². The monoisotopic (exact) mass is 364 g/mol. The molecule has 0 radical (unpaired) electrons. The average molecular weight is 365 g/mol. The van der Waals surface area contributed by atoms with Crippen LogP contribution in [0.2, 0.25) is 0 Å². The number of hydrogen-bond donors (Lipinski definition) is 1. The van der Waals surface area contributed by atoms with Crippen LogP contribution in [0.5, 0.6) is 11.5 Å². The highest BCUT2D eigenvalue weighted by molar-refractivity contribution is 5.85. The molecule has 1 aromatic rings. The lowest BCUT2D eigenvalue weighted by Gasteiger charge is -2.35. The molecule has 0 spiro atoms. The molecule has 4 nitrogen and oxygen atoms in total. The van der Waals surface area contributed by atoms with Crippen molar-refractivity contribution in [2.24, 2.45) is 0 Å². The zero-order valence-corrected chi connectivity index (χ0v) is 16.0. The topological polar surface area (TPSA) is 33.7 Å². The van der Waals surface area contributed by atoms with Gasteiger partial charge in [-0.2, -0.15) is 0 Å². The van der Waals surface area contributed by atoms with Gasteiger partial charge in [0.05, 0.1) is 14.2 Å². The van der Waals surface area contributed by atoms with Crippen molar-refractivity contribution in [3.05, 3.63) is 23.8 Å². The third kappa shape index (κ3) is 6.03. The minimum atomic E-state index is 0. The van der Waals surface area contributed by atoms with Gasteiger partial charge in [0, 0.05) is 32.2 Å². The number of nitrogens with one attached hydrogen (secondary N) is 1. The maximum absolute atomic E-state index is 5.46. The fraction of sp³-hybridized carbons (Fsp3) is 0.647. The molecule has 1 N–H and O–H groups in total. The molecule has 1 saturated heterocycles. The summed E-state index contributed by atoms with van der Waals surface area (Å²) in [7, 11) is 3.38. The maximum atomic E-state index is 5.46. The van der Waals surface area contributed by atoms with E-state index in [9.17, 15) is 0 Å². The van der Waals surface area contributed by atoms with Gasteiger partial charge in [0.1, 0.15) is 0 Å². The van der Waals surface area contributed by atoms with Crippen LogP contribution in [0.1, 0.15) is 37.8 Å². The molecule has 0 unspecified atom stereocenters. The first-order valence-corrected chi connectivity index (χ1v) is 7.96. The Morgan fingerprint density at radius 2 is 1.74 bits per heavy atom. The Morgan fingerprint density at radius 1 is 1.09 bits per heavy atom. The summed E-state index contributed by atoms with van der Waals surface area (Å²) in [5.41, 5.74) is 1.34. The van der Waals surface area contributed by atoms with Gasteiger partial charge in [-0.15, -0.1) is 24.8 Å². The lowest BCUT2D eigenvalue weighted by atomic mass is 9.98. The van der Waals surface area contributed by atoms with E-state index in [1.54, 1.807) is 14.2 Å². The molecule has 1 aromatic carbocycles. The van der Waals surface area contributed by atoms with E-state index in [0.717, 1.165) is 37.7 Å². The summed E-state index contributed by atoms with van der Waals surface area (Å²) in [5.74, 6) is 1.63. The number of piperazine rings is 1. The number of benzene rings is 1. The molecule has 23 heavy (non-hydrogen) atoms. The number of nitrogens with zero attached hydrogens (tertiary/aromatic N) is 1. The summed E-state index contributed by atoms with van der Waals surface area (Å²) < 4.78 is 10.8. The summed E-state index contributed by atoms with van der Waals surface area (Å²) in [6, 6.07) is 6.83. The number of halogens is 2. The van der Waals surface area contributed by atoms with Gasteiger partial charge in [-0.25, -0.2) is 0 Å². The quantitative estimate of drug-likeness (QED) is 0.799. The second-order valence-corrected chi connectivity index (χ2v) is 5.56. The van der Waals surface area contributed by atoms with Gasteiger partial charge in [0.25, 0.3) is 0 Å². The molecule has 0 amide bonds. The number of rotatable bonds is 7. The molecular weight excluding hydrogens is 335 g/mol. The first kappa shape index (κ1) is 22.3. The van der Waals surface area contributed by atoms with Crippen LogP contribution in [0.3, 0.4) is 0 Å². The smallest absolute Gasteiger partial charge is 0.161 e. The highest BCUT2D eigenvalue weighted by Crippen LogP contribution is 2.34. The molecular formula is C17H30Cl2N2O2. The van der Waals surface area contributed by atoms with Gasteiger partial charge in [0.15, 0.2) is 11.5 Å². The Hall–Kier alpha value is -0.680. The summed E-state index contributed by atoms with van der Waals surface area (Å²) in [6.07, 6.45) is 3.69. The standard InChI is InChI=1S/C17H28N2O2.2ClH/c1-4-5-6-15(19-11-9-18-10-12-19)14-7-8-16(20-2)17(13-14)21-3;;/h7-8,13,15,18H,4-6,9-12H2,1-3H3;2*1H/t15-;;/m0../s1. The number of unbranched alkanes of at least 4 members (excludes halogenated alkanes) is 1. The van der Waals surface area contributed by atoms with E-state index >= 15 is 0 Å². The average Bonchev–Trinajstić information content (AvgIpc) is 2.56. The SMILES string of the molecule is CCCC[C@@H](c1ccc(OC)c(OC)c1)N1CCNCC1.Cl.Cl. The first-order valence-electron chi connectivity index (χ1n) is 7.96. The van der Waals surface area contributed by atoms with E-state index in [1.807, 2.05) is 6.07 Å².